The molecule has 3 heteroatoms. The van der Waals surface area contributed by atoms with Crippen LogP contribution in [0.3, 0.4) is 0 Å². The molecule has 0 aliphatic carbocycles. The maximum atomic E-state index is 5.84. The van der Waals surface area contributed by atoms with Crippen molar-refractivity contribution in [3.8, 4) is 5.75 Å². The van der Waals surface area contributed by atoms with Crippen LogP contribution in [0.5, 0.6) is 5.75 Å². The first kappa shape index (κ1) is 16.3. The summed E-state index contributed by atoms with van der Waals surface area (Å²) in [6, 6.07) is 6.33. The Morgan fingerprint density at radius 2 is 1.81 bits per heavy atom. The average molecular weight is 292 g/mol. The van der Waals surface area contributed by atoms with Gasteiger partial charge in [-0.1, -0.05) is 6.07 Å². The molecule has 2 rings (SSSR count). The minimum absolute atomic E-state index is 0.399. The average Bonchev–Trinajstić information content (AvgIpc) is 2.41. The molecule has 1 fully saturated rings. The molecule has 1 aliphatic heterocycles. The van der Waals surface area contributed by atoms with E-state index in [1.54, 1.807) is 4.90 Å². The number of rotatable bonds is 6. The van der Waals surface area contributed by atoms with E-state index in [0.29, 0.717) is 12.2 Å². The zero-order valence-corrected chi connectivity index (χ0v) is 13.9. The Balaban J connectivity index is 1.62. The molecule has 1 aliphatic rings. The van der Waals surface area contributed by atoms with Gasteiger partial charge in [-0.3, -0.25) is 0 Å². The minimum atomic E-state index is 0.399. The summed E-state index contributed by atoms with van der Waals surface area (Å²) in [4.78, 5) is 1.67. The van der Waals surface area contributed by atoms with Crippen molar-refractivity contribution < 1.29 is 14.4 Å². The molecule has 0 bridgehead atoms. The lowest BCUT2D eigenvalue weighted by molar-refractivity contribution is -0.915. The van der Waals surface area contributed by atoms with Crippen molar-refractivity contribution in [3.05, 3.63) is 29.3 Å². The standard InChI is InChI=1S/C18H29NO2/c1-14-7-8-18(11-15(14)2)20-10-6-5-9-19-12-16(3)21-17(4)13-19/h7-8,11,16-17H,5-6,9-10,12-13H2,1-4H3/p+1/t16-,17-/m0/s1. The lowest BCUT2D eigenvalue weighted by Gasteiger charge is -2.32. The van der Waals surface area contributed by atoms with Gasteiger partial charge in [-0.15, -0.1) is 0 Å². The summed E-state index contributed by atoms with van der Waals surface area (Å²) in [5.74, 6) is 0.999. The van der Waals surface area contributed by atoms with Gasteiger partial charge in [0.2, 0.25) is 0 Å². The summed E-state index contributed by atoms with van der Waals surface area (Å²) in [5.41, 5.74) is 2.62. The third-order valence-electron chi connectivity index (χ3n) is 4.29. The fourth-order valence-electron chi connectivity index (χ4n) is 3.06. The molecule has 0 radical (unpaired) electrons. The molecule has 1 aromatic rings. The van der Waals surface area contributed by atoms with Crippen LogP contribution < -0.4 is 9.64 Å². The van der Waals surface area contributed by atoms with E-state index in [1.165, 1.54) is 24.1 Å². The van der Waals surface area contributed by atoms with Crippen LogP contribution in [0.1, 0.15) is 37.8 Å². The van der Waals surface area contributed by atoms with Gasteiger partial charge in [-0.2, -0.15) is 0 Å². The molecule has 3 nitrogen and oxygen atoms in total. The number of hydrogen-bond acceptors (Lipinski definition) is 2. The Hall–Kier alpha value is -1.06. The van der Waals surface area contributed by atoms with Gasteiger partial charge in [0.1, 0.15) is 31.0 Å². The Morgan fingerprint density at radius 3 is 2.48 bits per heavy atom. The molecular formula is C18H30NO2+. The van der Waals surface area contributed by atoms with E-state index < -0.39 is 0 Å². The van der Waals surface area contributed by atoms with Crippen LogP contribution in [0.15, 0.2) is 18.2 Å². The Kier molecular flexibility index (Phi) is 6.07. The first-order valence-electron chi connectivity index (χ1n) is 8.23. The van der Waals surface area contributed by atoms with Crippen molar-refractivity contribution in [1.29, 1.82) is 0 Å². The van der Waals surface area contributed by atoms with Crippen LogP contribution in [-0.2, 0) is 4.74 Å². The highest BCUT2D eigenvalue weighted by Gasteiger charge is 2.24. The molecule has 1 aromatic carbocycles. The normalized spacial score (nSPS) is 25.8. The number of aryl methyl sites for hydroxylation is 2. The molecule has 2 atom stereocenters. The lowest BCUT2D eigenvalue weighted by atomic mass is 10.1. The lowest BCUT2D eigenvalue weighted by Crippen LogP contribution is -3.15. The monoisotopic (exact) mass is 292 g/mol. The summed E-state index contributed by atoms with van der Waals surface area (Å²) in [6.45, 7) is 13.0. The van der Waals surface area contributed by atoms with E-state index in [9.17, 15) is 0 Å². The maximum Gasteiger partial charge on any atom is 0.119 e. The molecule has 21 heavy (non-hydrogen) atoms. The Labute approximate surface area is 129 Å². The van der Waals surface area contributed by atoms with Crippen LogP contribution in [0.25, 0.3) is 0 Å². The number of hydrogen-bond donors (Lipinski definition) is 1. The molecule has 1 N–H and O–H groups in total. The van der Waals surface area contributed by atoms with Gasteiger partial charge in [0.15, 0.2) is 0 Å². The number of ether oxygens (including phenoxy) is 2. The predicted molar refractivity (Wildman–Crippen MR) is 86.2 cm³/mol. The van der Waals surface area contributed by atoms with Gasteiger partial charge in [0, 0.05) is 0 Å². The second-order valence-electron chi connectivity index (χ2n) is 6.47. The zero-order chi connectivity index (χ0) is 15.2. The smallest absolute Gasteiger partial charge is 0.119 e. The van der Waals surface area contributed by atoms with E-state index in [1.807, 2.05) is 0 Å². The number of morpholine rings is 1. The molecule has 0 aromatic heterocycles. The fourth-order valence-corrected chi connectivity index (χ4v) is 3.06. The van der Waals surface area contributed by atoms with Crippen molar-refractivity contribution in [2.24, 2.45) is 0 Å². The number of unbranched alkanes of at least 4 members (excludes halogenated alkanes) is 1. The second-order valence-corrected chi connectivity index (χ2v) is 6.47. The van der Waals surface area contributed by atoms with Crippen molar-refractivity contribution in [2.45, 2.75) is 52.7 Å². The molecule has 0 saturated carbocycles. The van der Waals surface area contributed by atoms with E-state index in [-0.39, 0.29) is 0 Å². The molecule has 0 spiro atoms. The van der Waals surface area contributed by atoms with E-state index in [2.05, 4.69) is 45.9 Å². The van der Waals surface area contributed by atoms with E-state index in [4.69, 9.17) is 9.47 Å². The van der Waals surface area contributed by atoms with Crippen LogP contribution >= 0.6 is 0 Å². The molecule has 0 amide bonds. The fraction of sp³-hybridized carbons (Fsp3) is 0.667. The first-order chi connectivity index (χ1) is 10.0. The molecule has 0 unspecified atom stereocenters. The van der Waals surface area contributed by atoms with Crippen LogP contribution in [0, 0.1) is 13.8 Å². The number of benzene rings is 1. The molecule has 1 saturated heterocycles. The summed E-state index contributed by atoms with van der Waals surface area (Å²) in [6.07, 6.45) is 3.14. The highest BCUT2D eigenvalue weighted by molar-refractivity contribution is 5.33. The van der Waals surface area contributed by atoms with Crippen LogP contribution in [0.2, 0.25) is 0 Å². The van der Waals surface area contributed by atoms with Gasteiger partial charge in [0.25, 0.3) is 0 Å². The van der Waals surface area contributed by atoms with E-state index in [0.717, 1.165) is 31.9 Å². The second kappa shape index (κ2) is 7.81. The SMILES string of the molecule is Cc1ccc(OCCCC[NH+]2C[C@H](C)O[C@@H](C)C2)cc1C. The van der Waals surface area contributed by atoms with Crippen molar-refractivity contribution in [2.75, 3.05) is 26.2 Å². The van der Waals surface area contributed by atoms with Gasteiger partial charge in [0.05, 0.1) is 13.2 Å². The van der Waals surface area contributed by atoms with Crippen LogP contribution in [-0.4, -0.2) is 38.4 Å². The molecular weight excluding hydrogens is 262 g/mol. The van der Waals surface area contributed by atoms with Gasteiger partial charge in [-0.25, -0.2) is 0 Å². The topological polar surface area (TPSA) is 22.9 Å². The third kappa shape index (κ3) is 5.33. The summed E-state index contributed by atoms with van der Waals surface area (Å²) in [5, 5.41) is 0. The highest BCUT2D eigenvalue weighted by Crippen LogP contribution is 2.16. The van der Waals surface area contributed by atoms with Gasteiger partial charge >= 0.3 is 0 Å². The Morgan fingerprint density at radius 1 is 1.10 bits per heavy atom. The predicted octanol–water partition coefficient (Wildman–Crippen LogP) is 2.15. The van der Waals surface area contributed by atoms with Gasteiger partial charge in [-0.05, 0) is 63.8 Å². The highest BCUT2D eigenvalue weighted by atomic mass is 16.5. The summed E-state index contributed by atoms with van der Waals surface area (Å²) in [7, 11) is 0. The Bertz CT molecular complexity index is 437. The first-order valence-corrected chi connectivity index (χ1v) is 8.23. The largest absolute Gasteiger partial charge is 0.494 e. The number of quaternary nitrogens is 1. The maximum absolute atomic E-state index is 5.84. The van der Waals surface area contributed by atoms with Crippen molar-refractivity contribution >= 4 is 0 Å². The zero-order valence-electron chi connectivity index (χ0n) is 13.9. The van der Waals surface area contributed by atoms with Crippen LogP contribution in [0.4, 0.5) is 0 Å². The molecule has 118 valence electrons. The summed E-state index contributed by atoms with van der Waals surface area (Å²) < 4.78 is 11.6. The quantitative estimate of drug-likeness (QED) is 0.812. The van der Waals surface area contributed by atoms with E-state index >= 15 is 0 Å². The number of nitrogens with one attached hydrogen (secondary N) is 1. The molecule has 1 heterocycles. The van der Waals surface area contributed by atoms with Crippen molar-refractivity contribution in [3.63, 3.8) is 0 Å². The summed E-state index contributed by atoms with van der Waals surface area (Å²) >= 11 is 0. The minimum Gasteiger partial charge on any atom is -0.494 e. The van der Waals surface area contributed by atoms with Crippen molar-refractivity contribution in [1.82, 2.24) is 0 Å². The van der Waals surface area contributed by atoms with Gasteiger partial charge < -0.3 is 14.4 Å². The third-order valence-corrected chi connectivity index (χ3v) is 4.29.